The quantitative estimate of drug-likeness (QED) is 0.811. The maximum atomic E-state index is 12.4. The third-order valence-corrected chi connectivity index (χ3v) is 6.17. The SMILES string of the molecule is O=C(CSCc1ccccc1)N1CCS[C@H](c2ccco2)CC1. The van der Waals surface area contributed by atoms with Gasteiger partial charge in [-0.1, -0.05) is 30.3 Å². The van der Waals surface area contributed by atoms with Crippen LogP contribution in [0.2, 0.25) is 0 Å². The fourth-order valence-corrected chi connectivity index (χ4v) is 4.71. The summed E-state index contributed by atoms with van der Waals surface area (Å²) in [5.41, 5.74) is 1.27. The van der Waals surface area contributed by atoms with Gasteiger partial charge in [-0.3, -0.25) is 4.79 Å². The Balaban J connectivity index is 1.44. The van der Waals surface area contributed by atoms with Gasteiger partial charge < -0.3 is 9.32 Å². The summed E-state index contributed by atoms with van der Waals surface area (Å²) in [5.74, 6) is 3.71. The number of furan rings is 1. The smallest absolute Gasteiger partial charge is 0.232 e. The molecule has 1 aromatic heterocycles. The predicted molar refractivity (Wildman–Crippen MR) is 97.7 cm³/mol. The van der Waals surface area contributed by atoms with E-state index >= 15 is 0 Å². The summed E-state index contributed by atoms with van der Waals surface area (Å²) in [7, 11) is 0. The van der Waals surface area contributed by atoms with Crippen LogP contribution < -0.4 is 0 Å². The number of carbonyl (C=O) groups is 1. The first-order chi connectivity index (χ1) is 11.3. The second-order valence-electron chi connectivity index (χ2n) is 5.52. The zero-order valence-electron chi connectivity index (χ0n) is 13.0. The first-order valence-corrected chi connectivity index (χ1v) is 10.1. The number of amides is 1. The maximum absolute atomic E-state index is 12.4. The van der Waals surface area contributed by atoms with Crippen LogP contribution in [-0.4, -0.2) is 35.4 Å². The molecule has 0 radical (unpaired) electrons. The molecule has 1 aliphatic heterocycles. The number of hydrogen-bond donors (Lipinski definition) is 0. The molecular weight excluding hydrogens is 326 g/mol. The van der Waals surface area contributed by atoms with Crippen LogP contribution in [0.1, 0.15) is 23.0 Å². The molecule has 5 heteroatoms. The lowest BCUT2D eigenvalue weighted by atomic mass is 10.2. The summed E-state index contributed by atoms with van der Waals surface area (Å²) >= 11 is 3.59. The Bertz CT molecular complexity index is 601. The van der Waals surface area contributed by atoms with Crippen LogP contribution in [0.4, 0.5) is 0 Å². The van der Waals surface area contributed by atoms with Gasteiger partial charge in [-0.2, -0.15) is 0 Å². The lowest BCUT2D eigenvalue weighted by Gasteiger charge is -2.20. The van der Waals surface area contributed by atoms with E-state index in [9.17, 15) is 4.79 Å². The Morgan fingerprint density at radius 2 is 2.09 bits per heavy atom. The zero-order valence-corrected chi connectivity index (χ0v) is 14.7. The fraction of sp³-hybridized carbons (Fsp3) is 0.389. The van der Waals surface area contributed by atoms with Crippen LogP contribution in [0.15, 0.2) is 53.1 Å². The topological polar surface area (TPSA) is 33.5 Å². The molecule has 23 heavy (non-hydrogen) atoms. The van der Waals surface area contributed by atoms with Crippen molar-refractivity contribution in [2.24, 2.45) is 0 Å². The van der Waals surface area contributed by atoms with Gasteiger partial charge in [0.1, 0.15) is 5.76 Å². The van der Waals surface area contributed by atoms with Gasteiger partial charge in [0.15, 0.2) is 0 Å². The summed E-state index contributed by atoms with van der Waals surface area (Å²) in [6, 6.07) is 14.3. The zero-order chi connectivity index (χ0) is 15.9. The number of carbonyl (C=O) groups excluding carboxylic acids is 1. The van der Waals surface area contributed by atoms with Crippen molar-refractivity contribution in [3.05, 3.63) is 60.1 Å². The second kappa shape index (κ2) is 8.50. The van der Waals surface area contributed by atoms with E-state index in [4.69, 9.17) is 4.42 Å². The van der Waals surface area contributed by atoms with Crippen LogP contribution >= 0.6 is 23.5 Å². The molecule has 2 aromatic rings. The van der Waals surface area contributed by atoms with Gasteiger partial charge in [0.25, 0.3) is 0 Å². The van der Waals surface area contributed by atoms with Crippen LogP contribution in [-0.2, 0) is 10.5 Å². The van der Waals surface area contributed by atoms with Gasteiger partial charge in [0.05, 0.1) is 17.3 Å². The van der Waals surface area contributed by atoms with E-state index in [1.165, 1.54) is 5.56 Å². The molecule has 0 bridgehead atoms. The van der Waals surface area contributed by atoms with E-state index in [1.54, 1.807) is 18.0 Å². The largest absolute Gasteiger partial charge is 0.468 e. The highest BCUT2D eigenvalue weighted by Crippen LogP contribution is 2.34. The van der Waals surface area contributed by atoms with Crippen LogP contribution in [0, 0.1) is 0 Å². The second-order valence-corrected chi connectivity index (χ2v) is 7.82. The average molecular weight is 348 g/mol. The minimum atomic E-state index is 0.256. The highest BCUT2D eigenvalue weighted by atomic mass is 32.2. The van der Waals surface area contributed by atoms with Crippen molar-refractivity contribution >= 4 is 29.4 Å². The van der Waals surface area contributed by atoms with E-state index in [0.29, 0.717) is 11.0 Å². The van der Waals surface area contributed by atoms with Crippen molar-refractivity contribution in [1.29, 1.82) is 0 Å². The summed E-state index contributed by atoms with van der Waals surface area (Å²) in [4.78, 5) is 14.4. The minimum absolute atomic E-state index is 0.256. The van der Waals surface area contributed by atoms with Crippen molar-refractivity contribution in [3.63, 3.8) is 0 Å². The van der Waals surface area contributed by atoms with Crippen molar-refractivity contribution in [2.45, 2.75) is 17.4 Å². The highest BCUT2D eigenvalue weighted by molar-refractivity contribution is 7.99. The van der Waals surface area contributed by atoms with Crippen LogP contribution in [0.3, 0.4) is 0 Å². The first-order valence-electron chi connectivity index (χ1n) is 7.87. The number of benzene rings is 1. The van der Waals surface area contributed by atoms with E-state index in [2.05, 4.69) is 12.1 Å². The number of thioether (sulfide) groups is 2. The summed E-state index contributed by atoms with van der Waals surface area (Å²) in [5, 5.41) is 0.375. The van der Waals surface area contributed by atoms with Gasteiger partial charge in [-0.25, -0.2) is 0 Å². The molecule has 2 heterocycles. The molecule has 1 atom stereocenters. The minimum Gasteiger partial charge on any atom is -0.468 e. The Morgan fingerprint density at radius 1 is 1.22 bits per heavy atom. The lowest BCUT2D eigenvalue weighted by molar-refractivity contribution is -0.128. The third-order valence-electron chi connectivity index (χ3n) is 3.89. The lowest BCUT2D eigenvalue weighted by Crippen LogP contribution is -2.34. The average Bonchev–Trinajstić information content (AvgIpc) is 3.00. The van der Waals surface area contributed by atoms with Gasteiger partial charge in [0, 0.05) is 24.6 Å². The summed E-state index contributed by atoms with van der Waals surface area (Å²) in [6.07, 6.45) is 2.69. The van der Waals surface area contributed by atoms with E-state index in [1.807, 2.05) is 47.0 Å². The van der Waals surface area contributed by atoms with Crippen LogP contribution in [0.5, 0.6) is 0 Å². The third kappa shape index (κ3) is 4.82. The predicted octanol–water partition coefficient (Wildman–Crippen LogP) is 4.22. The van der Waals surface area contributed by atoms with Crippen molar-refractivity contribution < 1.29 is 9.21 Å². The molecule has 1 fully saturated rings. The molecule has 1 aliphatic rings. The van der Waals surface area contributed by atoms with E-state index in [0.717, 1.165) is 36.8 Å². The molecule has 0 aliphatic carbocycles. The maximum Gasteiger partial charge on any atom is 0.232 e. The normalized spacial score (nSPS) is 18.6. The Kier molecular flexibility index (Phi) is 6.11. The van der Waals surface area contributed by atoms with Gasteiger partial charge in [-0.15, -0.1) is 23.5 Å². The van der Waals surface area contributed by atoms with Crippen molar-refractivity contribution in [3.8, 4) is 0 Å². The molecule has 0 saturated carbocycles. The number of nitrogens with zero attached hydrogens (tertiary/aromatic N) is 1. The Labute approximate surface area is 145 Å². The molecule has 122 valence electrons. The van der Waals surface area contributed by atoms with Gasteiger partial charge >= 0.3 is 0 Å². The van der Waals surface area contributed by atoms with Crippen molar-refractivity contribution in [2.75, 3.05) is 24.6 Å². The highest BCUT2D eigenvalue weighted by Gasteiger charge is 2.23. The molecular formula is C18H21NO2S2. The first kappa shape index (κ1) is 16.5. The number of rotatable bonds is 5. The summed E-state index contributed by atoms with van der Waals surface area (Å²) in [6.45, 7) is 1.66. The Hall–Kier alpha value is -1.33. The fourth-order valence-electron chi connectivity index (χ4n) is 2.64. The number of hydrogen-bond acceptors (Lipinski definition) is 4. The monoisotopic (exact) mass is 347 g/mol. The van der Waals surface area contributed by atoms with Gasteiger partial charge in [0.2, 0.25) is 5.91 Å². The summed E-state index contributed by atoms with van der Waals surface area (Å²) < 4.78 is 5.51. The molecule has 0 unspecified atom stereocenters. The molecule has 0 spiro atoms. The molecule has 1 aromatic carbocycles. The van der Waals surface area contributed by atoms with E-state index < -0.39 is 0 Å². The Morgan fingerprint density at radius 3 is 2.87 bits per heavy atom. The molecule has 0 N–H and O–H groups in total. The van der Waals surface area contributed by atoms with E-state index in [-0.39, 0.29) is 5.91 Å². The molecule has 1 saturated heterocycles. The van der Waals surface area contributed by atoms with Gasteiger partial charge in [-0.05, 0) is 24.1 Å². The van der Waals surface area contributed by atoms with Crippen molar-refractivity contribution in [1.82, 2.24) is 4.90 Å². The molecule has 3 rings (SSSR count). The van der Waals surface area contributed by atoms with Crippen LogP contribution in [0.25, 0.3) is 0 Å². The molecule has 3 nitrogen and oxygen atoms in total. The molecule has 1 amide bonds. The standard InChI is InChI=1S/C18H21NO2S2/c20-18(14-22-13-15-5-2-1-3-6-15)19-9-8-17(23-12-10-19)16-7-4-11-21-16/h1-7,11,17H,8-10,12-14H2/t17-/m0/s1.